The molecule has 2 aromatic rings. The summed E-state index contributed by atoms with van der Waals surface area (Å²) in [4.78, 5) is 8.74. The number of hydrogen-bond acceptors (Lipinski definition) is 2. The topological polar surface area (TPSA) is 9.23 Å². The van der Waals surface area contributed by atoms with E-state index in [1.807, 2.05) is 23.5 Å². The van der Waals surface area contributed by atoms with Crippen LogP contribution in [0.5, 0.6) is 5.75 Å². The van der Waals surface area contributed by atoms with Gasteiger partial charge in [0, 0.05) is 0 Å². The average molecular weight is 353 g/mol. The molecule has 0 saturated carbocycles. The molecular weight excluding hydrogens is 335 g/mol. The summed E-state index contributed by atoms with van der Waals surface area (Å²) in [7, 11) is 1.70. The molecule has 0 aliphatic rings. The molecule has 1 nitrogen and oxygen atoms in total. The molecule has 17 heavy (non-hydrogen) atoms. The number of rotatable bonds is 3. The van der Waals surface area contributed by atoms with E-state index in [-0.39, 0.29) is 0 Å². The summed E-state index contributed by atoms with van der Waals surface area (Å²) in [5, 5.41) is 0. The van der Waals surface area contributed by atoms with Gasteiger partial charge in [-0.05, 0) is 0 Å². The third kappa shape index (κ3) is 3.05. The van der Waals surface area contributed by atoms with E-state index in [1.54, 1.807) is 10.0 Å². The van der Waals surface area contributed by atoms with E-state index in [0.717, 1.165) is 5.75 Å². The standard InChI is InChI=1S/C11H9OS.3CH3.Sn/c1-12-10-6-4-9(5-7-10)11-3-2-8-13-11;;;;/h2-7H,1H3;3*1H3;. The summed E-state index contributed by atoms with van der Waals surface area (Å²) in [5.41, 5.74) is 1.29. The normalized spacial score (nSPS) is 11.5. The maximum atomic E-state index is 5.18. The van der Waals surface area contributed by atoms with E-state index in [2.05, 4.69) is 39.1 Å². The Bertz CT molecular complexity index is 494. The van der Waals surface area contributed by atoms with Crippen molar-refractivity contribution >= 4 is 32.6 Å². The predicted octanol–water partition coefficient (Wildman–Crippen LogP) is 3.97. The Labute approximate surface area is 111 Å². The Morgan fingerprint density at radius 1 is 0.941 bits per heavy atom. The van der Waals surface area contributed by atoms with Crippen molar-refractivity contribution in [3.8, 4) is 16.2 Å². The zero-order valence-electron chi connectivity index (χ0n) is 10.8. The molecule has 0 radical (unpaired) electrons. The quantitative estimate of drug-likeness (QED) is 0.759. The first-order valence-electron chi connectivity index (χ1n) is 5.75. The monoisotopic (exact) mass is 354 g/mol. The maximum absolute atomic E-state index is 5.18. The van der Waals surface area contributed by atoms with Crippen LogP contribution in [0, 0.1) is 0 Å². The molecule has 1 aromatic carbocycles. The molecule has 0 amide bonds. The van der Waals surface area contributed by atoms with Gasteiger partial charge in [-0.3, -0.25) is 0 Å². The van der Waals surface area contributed by atoms with Gasteiger partial charge in [-0.25, -0.2) is 0 Å². The van der Waals surface area contributed by atoms with Crippen molar-refractivity contribution in [1.82, 2.24) is 0 Å². The van der Waals surface area contributed by atoms with Crippen molar-refractivity contribution in [3.05, 3.63) is 36.4 Å². The Balaban J connectivity index is 2.30. The van der Waals surface area contributed by atoms with Gasteiger partial charge in [0.15, 0.2) is 0 Å². The summed E-state index contributed by atoms with van der Waals surface area (Å²) in [6.07, 6.45) is 0. The number of methoxy groups -OCH3 is 1. The van der Waals surface area contributed by atoms with Gasteiger partial charge in [-0.1, -0.05) is 0 Å². The second kappa shape index (κ2) is 5.02. The Morgan fingerprint density at radius 2 is 1.59 bits per heavy atom. The molecule has 0 atom stereocenters. The fourth-order valence-electron chi connectivity index (χ4n) is 1.65. The van der Waals surface area contributed by atoms with Crippen LogP contribution in [0.1, 0.15) is 0 Å². The fourth-order valence-corrected chi connectivity index (χ4v) is 7.95. The van der Waals surface area contributed by atoms with E-state index < -0.39 is 18.4 Å². The molecule has 1 heterocycles. The summed E-state index contributed by atoms with van der Waals surface area (Å²) in [6.45, 7) is 0. The number of benzene rings is 1. The van der Waals surface area contributed by atoms with Gasteiger partial charge in [0.1, 0.15) is 0 Å². The van der Waals surface area contributed by atoms with Gasteiger partial charge in [0.25, 0.3) is 0 Å². The molecule has 0 aliphatic carbocycles. The van der Waals surface area contributed by atoms with Crippen LogP contribution in [0.2, 0.25) is 14.8 Å². The van der Waals surface area contributed by atoms with Crippen LogP contribution in [-0.2, 0) is 0 Å². The predicted molar refractivity (Wildman–Crippen MR) is 79.3 cm³/mol. The molecule has 1 aromatic heterocycles. The molecular formula is C14H18OSSn. The molecule has 0 spiro atoms. The molecule has 0 unspecified atom stereocenters. The summed E-state index contributed by atoms with van der Waals surface area (Å²) >= 11 is 0.0723. The Morgan fingerprint density at radius 3 is 2.06 bits per heavy atom. The molecule has 90 valence electrons. The van der Waals surface area contributed by atoms with Crippen LogP contribution in [0.25, 0.3) is 10.4 Å². The number of thiophene rings is 1. The third-order valence-electron chi connectivity index (χ3n) is 2.72. The molecule has 3 heteroatoms. The molecule has 2 rings (SSSR count). The van der Waals surface area contributed by atoms with Crippen LogP contribution in [0.15, 0.2) is 36.4 Å². The van der Waals surface area contributed by atoms with Crippen LogP contribution in [0.4, 0.5) is 0 Å². The zero-order valence-corrected chi connectivity index (χ0v) is 14.5. The molecule has 0 saturated heterocycles. The van der Waals surface area contributed by atoms with Gasteiger partial charge in [-0.2, -0.15) is 0 Å². The Kier molecular flexibility index (Phi) is 3.83. The van der Waals surface area contributed by atoms with E-state index in [4.69, 9.17) is 4.74 Å². The third-order valence-corrected chi connectivity index (χ3v) is 13.3. The first kappa shape index (κ1) is 13.0. The fraction of sp³-hybridized carbons (Fsp3) is 0.286. The minimum atomic E-state index is -1.89. The van der Waals surface area contributed by atoms with Gasteiger partial charge >= 0.3 is 112 Å². The van der Waals surface area contributed by atoms with Crippen molar-refractivity contribution in [1.29, 1.82) is 0 Å². The average Bonchev–Trinajstić information content (AvgIpc) is 2.78. The van der Waals surface area contributed by atoms with Crippen molar-refractivity contribution < 1.29 is 4.74 Å². The van der Waals surface area contributed by atoms with E-state index in [1.165, 1.54) is 10.4 Å². The summed E-state index contributed by atoms with van der Waals surface area (Å²) < 4.78 is 6.81. The molecule has 0 bridgehead atoms. The summed E-state index contributed by atoms with van der Waals surface area (Å²) in [5.74, 6) is 0.917. The summed E-state index contributed by atoms with van der Waals surface area (Å²) in [6, 6.07) is 12.9. The van der Waals surface area contributed by atoms with Gasteiger partial charge in [-0.15, -0.1) is 0 Å². The van der Waals surface area contributed by atoms with Crippen LogP contribution in [0.3, 0.4) is 0 Å². The second-order valence-electron chi connectivity index (χ2n) is 5.14. The van der Waals surface area contributed by atoms with E-state index in [9.17, 15) is 0 Å². The minimum absolute atomic E-state index is 0.917. The van der Waals surface area contributed by atoms with Crippen LogP contribution < -0.4 is 7.63 Å². The van der Waals surface area contributed by atoms with Crippen molar-refractivity contribution in [3.63, 3.8) is 0 Å². The first-order chi connectivity index (χ1) is 8.00. The molecule has 0 fully saturated rings. The van der Waals surface area contributed by atoms with Gasteiger partial charge < -0.3 is 0 Å². The van der Waals surface area contributed by atoms with Crippen molar-refractivity contribution in [2.75, 3.05) is 7.11 Å². The van der Waals surface area contributed by atoms with Crippen molar-refractivity contribution in [2.24, 2.45) is 0 Å². The van der Waals surface area contributed by atoms with Crippen LogP contribution >= 0.6 is 11.3 Å². The number of hydrogen-bond donors (Lipinski definition) is 0. The van der Waals surface area contributed by atoms with Crippen LogP contribution in [-0.4, -0.2) is 25.5 Å². The molecule has 0 N–H and O–H groups in total. The van der Waals surface area contributed by atoms with E-state index >= 15 is 0 Å². The first-order valence-corrected chi connectivity index (χ1v) is 16.6. The zero-order chi connectivity index (χ0) is 12.5. The molecule has 0 aliphatic heterocycles. The van der Waals surface area contributed by atoms with Crippen molar-refractivity contribution in [2.45, 2.75) is 14.8 Å². The van der Waals surface area contributed by atoms with Gasteiger partial charge in [0.05, 0.1) is 0 Å². The number of ether oxygens (including phenoxy) is 1. The Hall–Kier alpha value is -0.481. The second-order valence-corrected chi connectivity index (χ2v) is 21.6. The van der Waals surface area contributed by atoms with E-state index in [0.29, 0.717) is 0 Å². The van der Waals surface area contributed by atoms with Gasteiger partial charge in [0.2, 0.25) is 0 Å². The SMILES string of the molecule is COc1ccc(-c2cc[c]([Sn]([CH3])([CH3])[CH3])s2)cc1.